The van der Waals surface area contributed by atoms with Crippen LogP contribution >= 0.6 is 11.6 Å². The van der Waals surface area contributed by atoms with E-state index in [1.54, 1.807) is 25.1 Å². The Kier molecular flexibility index (Phi) is 2.79. The van der Waals surface area contributed by atoms with E-state index in [2.05, 4.69) is 10.6 Å². The Morgan fingerprint density at radius 2 is 2.25 bits per heavy atom. The largest absolute Gasteiger partial charge is 0.469 e. The Labute approximate surface area is 120 Å². The zero-order valence-corrected chi connectivity index (χ0v) is 11.7. The summed E-state index contributed by atoms with van der Waals surface area (Å²) in [5, 5.41) is 5.79. The van der Waals surface area contributed by atoms with Crippen LogP contribution in [-0.2, 0) is 9.53 Å². The van der Waals surface area contributed by atoms with Crippen LogP contribution in [0.4, 0.5) is 4.79 Å². The number of halogens is 1. The van der Waals surface area contributed by atoms with Gasteiger partial charge in [-0.1, -0.05) is 17.7 Å². The molecule has 0 radical (unpaired) electrons. The molecule has 3 atom stereocenters. The first-order chi connectivity index (χ1) is 9.46. The number of rotatable bonds is 1. The lowest BCUT2D eigenvalue weighted by Crippen LogP contribution is -2.70. The average Bonchev–Trinajstić information content (AvgIpc) is 2.35. The van der Waals surface area contributed by atoms with Crippen LogP contribution in [0.15, 0.2) is 18.2 Å². The standard InChI is InChI=1S/C13H13ClN2O4/c1-13-9(11(17)19-2)10(15-12(18)16-13)8-6(14)4-3-5-7(8)20-13/h3-5,9-10H,1-2H3,(H2,15,16,18). The van der Waals surface area contributed by atoms with E-state index in [1.165, 1.54) is 7.11 Å². The molecule has 0 aliphatic carbocycles. The van der Waals surface area contributed by atoms with Crippen molar-refractivity contribution in [2.24, 2.45) is 5.92 Å². The molecule has 0 spiro atoms. The summed E-state index contributed by atoms with van der Waals surface area (Å²) in [6, 6.07) is 4.19. The van der Waals surface area contributed by atoms with Gasteiger partial charge < -0.3 is 14.8 Å². The molecule has 1 aromatic carbocycles. The third kappa shape index (κ3) is 1.71. The Morgan fingerprint density at radius 3 is 2.95 bits per heavy atom. The van der Waals surface area contributed by atoms with Crippen molar-refractivity contribution in [1.82, 2.24) is 10.6 Å². The normalized spacial score (nSPS) is 30.4. The first-order valence-electron chi connectivity index (χ1n) is 6.10. The van der Waals surface area contributed by atoms with Crippen LogP contribution in [0.3, 0.4) is 0 Å². The van der Waals surface area contributed by atoms with Crippen LogP contribution in [0, 0.1) is 5.92 Å². The van der Waals surface area contributed by atoms with E-state index in [0.29, 0.717) is 16.3 Å². The summed E-state index contributed by atoms with van der Waals surface area (Å²) < 4.78 is 10.6. The van der Waals surface area contributed by atoms with Crippen molar-refractivity contribution in [3.8, 4) is 5.75 Å². The molecule has 1 aromatic rings. The molecule has 2 bridgehead atoms. The van der Waals surface area contributed by atoms with E-state index in [1.807, 2.05) is 0 Å². The molecule has 0 aromatic heterocycles. The number of urea groups is 1. The van der Waals surface area contributed by atoms with Crippen molar-refractivity contribution in [1.29, 1.82) is 0 Å². The van der Waals surface area contributed by atoms with Gasteiger partial charge in [-0.05, 0) is 19.1 Å². The predicted octanol–water partition coefficient (Wildman–Crippen LogP) is 1.59. The minimum atomic E-state index is -1.17. The minimum Gasteiger partial charge on any atom is -0.469 e. The second-order valence-electron chi connectivity index (χ2n) is 4.94. The van der Waals surface area contributed by atoms with Crippen molar-refractivity contribution in [3.05, 3.63) is 28.8 Å². The van der Waals surface area contributed by atoms with Gasteiger partial charge in [-0.15, -0.1) is 0 Å². The van der Waals surface area contributed by atoms with Gasteiger partial charge in [0.25, 0.3) is 0 Å². The second-order valence-corrected chi connectivity index (χ2v) is 5.34. The molecule has 3 rings (SSSR count). The lowest BCUT2D eigenvalue weighted by molar-refractivity contribution is -0.160. The number of carbonyl (C=O) groups excluding carboxylic acids is 2. The van der Waals surface area contributed by atoms with Crippen LogP contribution in [-0.4, -0.2) is 24.8 Å². The van der Waals surface area contributed by atoms with Crippen molar-refractivity contribution in [3.63, 3.8) is 0 Å². The number of fused-ring (bicyclic) bond motifs is 4. The number of nitrogens with one attached hydrogen (secondary N) is 2. The van der Waals surface area contributed by atoms with Gasteiger partial charge in [0.05, 0.1) is 13.2 Å². The fraction of sp³-hybridized carbons (Fsp3) is 0.385. The third-order valence-electron chi connectivity index (χ3n) is 3.68. The SMILES string of the molecule is COC(=O)C1C2NC(=O)NC1(C)Oc1cccc(Cl)c12. The number of methoxy groups -OCH3 is 1. The highest BCUT2D eigenvalue weighted by atomic mass is 35.5. The van der Waals surface area contributed by atoms with E-state index in [9.17, 15) is 9.59 Å². The lowest BCUT2D eigenvalue weighted by atomic mass is 9.80. The van der Waals surface area contributed by atoms with Gasteiger partial charge in [0.15, 0.2) is 5.72 Å². The van der Waals surface area contributed by atoms with Gasteiger partial charge in [0.1, 0.15) is 11.7 Å². The molecule has 2 amide bonds. The molecule has 106 valence electrons. The molecule has 1 saturated heterocycles. The van der Waals surface area contributed by atoms with E-state index >= 15 is 0 Å². The summed E-state index contributed by atoms with van der Waals surface area (Å²) in [6.07, 6.45) is 0. The molecular weight excluding hydrogens is 284 g/mol. The Bertz CT molecular complexity index is 606. The van der Waals surface area contributed by atoms with Crippen LogP contribution in [0.1, 0.15) is 18.5 Å². The van der Waals surface area contributed by atoms with Gasteiger partial charge in [-0.2, -0.15) is 0 Å². The number of hydrogen-bond donors (Lipinski definition) is 2. The van der Waals surface area contributed by atoms with Crippen molar-refractivity contribution in [2.75, 3.05) is 7.11 Å². The quantitative estimate of drug-likeness (QED) is 0.772. The van der Waals surface area contributed by atoms with Crippen LogP contribution in [0.25, 0.3) is 0 Å². The van der Waals surface area contributed by atoms with Gasteiger partial charge in [0.2, 0.25) is 0 Å². The van der Waals surface area contributed by atoms with Gasteiger partial charge in [-0.25, -0.2) is 4.79 Å². The number of esters is 1. The van der Waals surface area contributed by atoms with Gasteiger partial charge >= 0.3 is 12.0 Å². The molecule has 2 aliphatic rings. The lowest BCUT2D eigenvalue weighted by Gasteiger charge is -2.49. The van der Waals surface area contributed by atoms with E-state index < -0.39 is 29.7 Å². The van der Waals surface area contributed by atoms with Crippen molar-refractivity contribution in [2.45, 2.75) is 18.7 Å². The van der Waals surface area contributed by atoms with Crippen LogP contribution in [0.2, 0.25) is 5.02 Å². The summed E-state index contributed by atoms with van der Waals surface area (Å²) in [5.41, 5.74) is -0.575. The molecule has 20 heavy (non-hydrogen) atoms. The predicted molar refractivity (Wildman–Crippen MR) is 70.4 cm³/mol. The molecular formula is C13H13ClN2O4. The van der Waals surface area contributed by atoms with Crippen LogP contribution in [0.5, 0.6) is 5.75 Å². The number of hydrogen-bond acceptors (Lipinski definition) is 4. The third-order valence-corrected chi connectivity index (χ3v) is 4.01. The zero-order valence-electron chi connectivity index (χ0n) is 10.9. The fourth-order valence-electron chi connectivity index (χ4n) is 2.83. The highest BCUT2D eigenvalue weighted by Crippen LogP contribution is 2.47. The average molecular weight is 297 g/mol. The highest BCUT2D eigenvalue weighted by molar-refractivity contribution is 6.31. The molecule has 7 heteroatoms. The highest BCUT2D eigenvalue weighted by Gasteiger charge is 2.56. The smallest absolute Gasteiger partial charge is 0.318 e. The summed E-state index contributed by atoms with van der Waals surface area (Å²) >= 11 is 6.19. The van der Waals surface area contributed by atoms with E-state index in [-0.39, 0.29) is 0 Å². The van der Waals surface area contributed by atoms with E-state index in [4.69, 9.17) is 21.1 Å². The molecule has 3 unspecified atom stereocenters. The number of ether oxygens (including phenoxy) is 2. The summed E-state index contributed by atoms with van der Waals surface area (Å²) in [5.74, 6) is -0.661. The van der Waals surface area contributed by atoms with Gasteiger partial charge in [-0.3, -0.25) is 10.1 Å². The summed E-state index contributed by atoms with van der Waals surface area (Å²) in [4.78, 5) is 23.8. The number of carbonyl (C=O) groups is 2. The molecule has 0 saturated carbocycles. The second kappa shape index (κ2) is 4.28. The molecule has 6 nitrogen and oxygen atoms in total. The first kappa shape index (κ1) is 13.1. The van der Waals surface area contributed by atoms with Crippen LogP contribution < -0.4 is 15.4 Å². The topological polar surface area (TPSA) is 76.7 Å². The number of amides is 2. The first-order valence-corrected chi connectivity index (χ1v) is 6.48. The summed E-state index contributed by atoms with van der Waals surface area (Å²) in [7, 11) is 1.30. The molecule has 2 heterocycles. The molecule has 2 N–H and O–H groups in total. The maximum Gasteiger partial charge on any atom is 0.318 e. The molecule has 1 fully saturated rings. The fourth-order valence-corrected chi connectivity index (χ4v) is 3.12. The minimum absolute atomic E-state index is 0.414. The maximum absolute atomic E-state index is 12.1. The maximum atomic E-state index is 12.1. The van der Waals surface area contributed by atoms with Crippen molar-refractivity contribution >= 4 is 23.6 Å². The number of benzene rings is 1. The van der Waals surface area contributed by atoms with E-state index in [0.717, 1.165) is 0 Å². The van der Waals surface area contributed by atoms with Gasteiger partial charge in [0, 0.05) is 10.6 Å². The Balaban J connectivity index is 2.19. The Morgan fingerprint density at radius 1 is 1.50 bits per heavy atom. The summed E-state index contributed by atoms with van der Waals surface area (Å²) in [6.45, 7) is 1.64. The van der Waals surface area contributed by atoms with Crippen molar-refractivity contribution < 1.29 is 19.1 Å². The molecule has 2 aliphatic heterocycles. The Hall–Kier alpha value is -1.95. The monoisotopic (exact) mass is 296 g/mol. The zero-order chi connectivity index (χ0) is 14.5.